The van der Waals surface area contributed by atoms with Crippen LogP contribution in [0, 0.1) is 23.7 Å². The number of ether oxygens (including phenoxy) is 4. The van der Waals surface area contributed by atoms with E-state index in [0.717, 1.165) is 120 Å². The zero-order valence-corrected chi connectivity index (χ0v) is 62.7. The van der Waals surface area contributed by atoms with E-state index in [1.54, 1.807) is 0 Å². The number of phosphoric ester groups is 2. The Morgan fingerprint density at radius 1 is 0.301 bits per heavy atom. The first-order valence-electron chi connectivity index (χ1n) is 38.2. The lowest BCUT2D eigenvalue weighted by Crippen LogP contribution is -2.30. The van der Waals surface area contributed by atoms with Gasteiger partial charge in [0, 0.05) is 25.7 Å². The molecule has 0 aliphatic rings. The largest absolute Gasteiger partial charge is 0.472 e. The van der Waals surface area contributed by atoms with Crippen molar-refractivity contribution in [3.05, 3.63) is 0 Å². The summed E-state index contributed by atoms with van der Waals surface area (Å²) in [5.41, 5.74) is 0. The van der Waals surface area contributed by atoms with Crippen LogP contribution in [0.1, 0.15) is 370 Å². The monoisotopic (exact) mass is 1370 g/mol. The number of aliphatic hydroxyl groups is 1. The third kappa shape index (κ3) is 67.0. The summed E-state index contributed by atoms with van der Waals surface area (Å²) in [5.74, 6) is 0.920. The van der Waals surface area contributed by atoms with Gasteiger partial charge < -0.3 is 33.8 Å². The normalized spacial score (nSPS) is 14.5. The molecule has 6 atom stereocenters. The van der Waals surface area contributed by atoms with Crippen LogP contribution in [0.15, 0.2) is 0 Å². The van der Waals surface area contributed by atoms with Crippen LogP contribution in [0.5, 0.6) is 0 Å². The average Bonchev–Trinajstić information content (AvgIpc) is 2.80. The molecule has 0 saturated heterocycles. The van der Waals surface area contributed by atoms with Crippen molar-refractivity contribution in [2.24, 2.45) is 23.7 Å². The van der Waals surface area contributed by atoms with Gasteiger partial charge in [-0.1, -0.05) is 319 Å². The lowest BCUT2D eigenvalue weighted by atomic mass is 10.00. The SMILES string of the molecule is CCC(C)CCCCCCCCC(=O)OC[C@H](COP(=O)(O)OC[C@H](O)COP(=O)(O)OC[C@@H](COC(=O)CCCCCCCCCCCCCC(C)C)OC(=O)CCCCCCCCCCCCCCC(C)C)OC(=O)CCCCCCCCCCCCCC(C)C. The highest BCUT2D eigenvalue weighted by atomic mass is 31.2. The third-order valence-electron chi connectivity index (χ3n) is 17.4. The second kappa shape index (κ2) is 63.5. The van der Waals surface area contributed by atoms with Crippen LogP contribution in [-0.4, -0.2) is 96.7 Å². The highest BCUT2D eigenvalue weighted by Gasteiger charge is 2.30. The molecular formula is C74H144O17P2. The van der Waals surface area contributed by atoms with E-state index in [2.05, 4.69) is 55.4 Å². The van der Waals surface area contributed by atoms with Crippen molar-refractivity contribution in [1.82, 2.24) is 0 Å². The number of carbonyl (C=O) groups is 4. The number of phosphoric acid groups is 2. The van der Waals surface area contributed by atoms with Crippen molar-refractivity contribution in [2.45, 2.75) is 388 Å². The van der Waals surface area contributed by atoms with E-state index in [9.17, 15) is 43.2 Å². The molecule has 0 aromatic carbocycles. The molecule has 0 aromatic rings. The topological polar surface area (TPSA) is 237 Å². The summed E-state index contributed by atoms with van der Waals surface area (Å²) in [6.45, 7) is 14.2. The van der Waals surface area contributed by atoms with Crippen molar-refractivity contribution in [2.75, 3.05) is 39.6 Å². The Morgan fingerprint density at radius 2 is 0.516 bits per heavy atom. The molecule has 0 amide bonds. The number of carbonyl (C=O) groups excluding carboxylic acids is 4. The Bertz CT molecular complexity index is 1840. The zero-order chi connectivity index (χ0) is 68.9. The number of aliphatic hydroxyl groups excluding tert-OH is 1. The molecule has 0 aromatic heterocycles. The lowest BCUT2D eigenvalue weighted by molar-refractivity contribution is -0.161. The summed E-state index contributed by atoms with van der Waals surface area (Å²) < 4.78 is 68.5. The molecular weight excluding hydrogens is 1220 g/mol. The lowest BCUT2D eigenvalue weighted by Gasteiger charge is -2.21. The van der Waals surface area contributed by atoms with Crippen LogP contribution in [-0.2, 0) is 65.4 Å². The highest BCUT2D eigenvalue weighted by Crippen LogP contribution is 2.45. The number of unbranched alkanes of at least 4 members (excludes halogenated alkanes) is 36. The molecule has 0 aliphatic carbocycles. The predicted octanol–water partition coefficient (Wildman–Crippen LogP) is 21.3. The Hall–Kier alpha value is -1.94. The van der Waals surface area contributed by atoms with Crippen molar-refractivity contribution in [3.63, 3.8) is 0 Å². The molecule has 19 heteroatoms. The average molecular weight is 1370 g/mol. The second-order valence-electron chi connectivity index (χ2n) is 28.4. The van der Waals surface area contributed by atoms with Gasteiger partial charge in [-0.2, -0.15) is 0 Å². The van der Waals surface area contributed by atoms with Crippen molar-refractivity contribution < 1.29 is 80.2 Å². The standard InChI is InChI=1S/C74H144O17P2/c1-9-67(8)53-45-37-32-33-39-47-55-72(77)85-61-70(91-74(79)57-49-41-31-25-19-13-16-22-28-36-44-52-66(6)7)63-89-93(82,83)87-59-68(75)58-86-92(80,81)88-62-69(60-84-71(76)54-46-38-29-23-18-12-15-21-27-35-43-51-65(4)5)90-73(78)56-48-40-30-24-17-11-10-14-20-26-34-42-50-64(2)3/h64-70,75H,9-63H2,1-8H3,(H,80,81)(H,82,83)/t67?,68-,69-,70-/m1/s1. The smallest absolute Gasteiger partial charge is 0.462 e. The van der Waals surface area contributed by atoms with E-state index >= 15 is 0 Å². The summed E-state index contributed by atoms with van der Waals surface area (Å²) in [6, 6.07) is 0. The Balaban J connectivity index is 5.27. The Morgan fingerprint density at radius 3 is 0.763 bits per heavy atom. The fourth-order valence-corrected chi connectivity index (χ4v) is 12.7. The van der Waals surface area contributed by atoms with Crippen molar-refractivity contribution in [3.8, 4) is 0 Å². The summed E-state index contributed by atoms with van der Waals surface area (Å²) >= 11 is 0. The van der Waals surface area contributed by atoms with E-state index in [1.165, 1.54) is 167 Å². The molecule has 0 spiro atoms. The second-order valence-corrected chi connectivity index (χ2v) is 31.3. The first kappa shape index (κ1) is 91.1. The molecule has 552 valence electrons. The molecule has 0 saturated carbocycles. The van der Waals surface area contributed by atoms with Gasteiger partial charge >= 0.3 is 39.5 Å². The minimum atomic E-state index is -4.96. The minimum absolute atomic E-state index is 0.105. The molecule has 0 fully saturated rings. The summed E-state index contributed by atoms with van der Waals surface area (Å²) in [5, 5.41) is 10.6. The van der Waals surface area contributed by atoms with Gasteiger partial charge in [-0.3, -0.25) is 37.3 Å². The molecule has 0 radical (unpaired) electrons. The first-order valence-corrected chi connectivity index (χ1v) is 41.2. The highest BCUT2D eigenvalue weighted by molar-refractivity contribution is 7.47. The summed E-state index contributed by atoms with van der Waals surface area (Å²) in [6.07, 6.45) is 47.1. The maximum Gasteiger partial charge on any atom is 0.472 e. The Labute approximate surface area is 568 Å². The van der Waals surface area contributed by atoms with Crippen molar-refractivity contribution >= 4 is 39.5 Å². The van der Waals surface area contributed by atoms with Gasteiger partial charge in [0.25, 0.3) is 0 Å². The maximum atomic E-state index is 13.1. The summed E-state index contributed by atoms with van der Waals surface area (Å²) in [4.78, 5) is 72.7. The van der Waals surface area contributed by atoms with Crippen LogP contribution in [0.25, 0.3) is 0 Å². The third-order valence-corrected chi connectivity index (χ3v) is 19.3. The van der Waals surface area contributed by atoms with Crippen LogP contribution in [0.3, 0.4) is 0 Å². The predicted molar refractivity (Wildman–Crippen MR) is 377 cm³/mol. The zero-order valence-electron chi connectivity index (χ0n) is 60.9. The molecule has 93 heavy (non-hydrogen) atoms. The molecule has 0 aliphatic heterocycles. The van der Waals surface area contributed by atoms with Gasteiger partial charge in [-0.15, -0.1) is 0 Å². The van der Waals surface area contributed by atoms with Crippen molar-refractivity contribution in [1.29, 1.82) is 0 Å². The number of esters is 4. The van der Waals surface area contributed by atoms with E-state index in [0.29, 0.717) is 25.7 Å². The van der Waals surface area contributed by atoms with Gasteiger partial charge in [0.05, 0.1) is 26.4 Å². The van der Waals surface area contributed by atoms with E-state index in [4.69, 9.17) is 37.0 Å². The molecule has 0 heterocycles. The molecule has 3 unspecified atom stereocenters. The quantitative estimate of drug-likeness (QED) is 0.0222. The maximum absolute atomic E-state index is 13.1. The van der Waals surface area contributed by atoms with Crippen LogP contribution >= 0.6 is 15.6 Å². The molecule has 17 nitrogen and oxygen atoms in total. The van der Waals surface area contributed by atoms with Crippen LogP contribution in [0.4, 0.5) is 0 Å². The van der Waals surface area contributed by atoms with Gasteiger partial charge in [-0.05, 0) is 49.4 Å². The first-order chi connectivity index (χ1) is 44.6. The number of rotatable bonds is 71. The fraction of sp³-hybridized carbons (Fsp3) is 0.946. The van der Waals surface area contributed by atoms with Crippen LogP contribution < -0.4 is 0 Å². The van der Waals surface area contributed by atoms with E-state index in [-0.39, 0.29) is 25.7 Å². The number of hydrogen-bond donors (Lipinski definition) is 3. The van der Waals surface area contributed by atoms with Gasteiger partial charge in [0.15, 0.2) is 12.2 Å². The Kier molecular flexibility index (Phi) is 62.2. The molecule has 0 bridgehead atoms. The fourth-order valence-electron chi connectivity index (χ4n) is 11.2. The van der Waals surface area contributed by atoms with Crippen LogP contribution in [0.2, 0.25) is 0 Å². The molecule has 3 N–H and O–H groups in total. The van der Waals surface area contributed by atoms with Gasteiger partial charge in [0.1, 0.15) is 19.3 Å². The van der Waals surface area contributed by atoms with Gasteiger partial charge in [0.2, 0.25) is 0 Å². The van der Waals surface area contributed by atoms with Gasteiger partial charge in [-0.25, -0.2) is 9.13 Å². The van der Waals surface area contributed by atoms with E-state index < -0.39 is 97.5 Å². The minimum Gasteiger partial charge on any atom is -0.462 e. The summed E-state index contributed by atoms with van der Waals surface area (Å²) in [7, 11) is -9.91. The molecule has 0 rings (SSSR count). The number of hydrogen-bond acceptors (Lipinski definition) is 15. The van der Waals surface area contributed by atoms with E-state index in [1.807, 2.05) is 0 Å².